The number of anilines is 1. The largest absolute Gasteiger partial charge is 0.493 e. The Morgan fingerprint density at radius 3 is 2.29 bits per heavy atom. The molecule has 34 heavy (non-hydrogen) atoms. The van der Waals surface area contributed by atoms with Crippen LogP contribution in [0.15, 0.2) is 72.8 Å². The molecule has 0 radical (unpaired) electrons. The predicted molar refractivity (Wildman–Crippen MR) is 132 cm³/mol. The second kappa shape index (κ2) is 12.3. The van der Waals surface area contributed by atoms with Gasteiger partial charge in [0.1, 0.15) is 5.75 Å². The maximum absolute atomic E-state index is 12.9. The van der Waals surface area contributed by atoms with Crippen LogP contribution in [0.2, 0.25) is 0 Å². The van der Waals surface area contributed by atoms with E-state index in [1.807, 2.05) is 43.3 Å². The molecule has 0 saturated carbocycles. The van der Waals surface area contributed by atoms with E-state index in [9.17, 15) is 9.59 Å². The molecule has 3 aromatic rings. The van der Waals surface area contributed by atoms with Crippen molar-refractivity contribution in [3.63, 3.8) is 0 Å². The molecule has 7 heteroatoms. The van der Waals surface area contributed by atoms with Gasteiger partial charge in [-0.25, -0.2) is 0 Å². The molecule has 0 aliphatic heterocycles. The van der Waals surface area contributed by atoms with Crippen LogP contribution in [-0.4, -0.2) is 38.7 Å². The Bertz CT molecular complexity index is 1100. The molecular formula is C27H30N2O5. The standard InChI is InChI=1S/C27H30N2O5/c1-4-23(34-20-10-6-5-7-11-20)27(31)29-22-13-9-8-12-21(22)26(30)28-17-16-19-14-15-24(32-2)25(18-19)33-3/h5-15,18,23H,4,16-17H2,1-3H3,(H,28,30)(H,29,31)/t23-/m0/s1. The van der Waals surface area contributed by atoms with Crippen LogP contribution in [0.3, 0.4) is 0 Å². The number of para-hydroxylation sites is 2. The van der Waals surface area contributed by atoms with Crippen LogP contribution in [0.5, 0.6) is 17.2 Å². The zero-order chi connectivity index (χ0) is 24.3. The average Bonchev–Trinajstić information content (AvgIpc) is 2.87. The first kappa shape index (κ1) is 24.6. The summed E-state index contributed by atoms with van der Waals surface area (Å²) in [4.78, 5) is 25.7. The molecule has 0 heterocycles. The van der Waals surface area contributed by atoms with Gasteiger partial charge >= 0.3 is 0 Å². The monoisotopic (exact) mass is 462 g/mol. The van der Waals surface area contributed by atoms with Crippen molar-refractivity contribution in [2.24, 2.45) is 0 Å². The van der Waals surface area contributed by atoms with Crippen molar-refractivity contribution in [2.45, 2.75) is 25.9 Å². The van der Waals surface area contributed by atoms with Crippen LogP contribution >= 0.6 is 0 Å². The van der Waals surface area contributed by atoms with Gasteiger partial charge in [0.05, 0.1) is 25.5 Å². The number of amides is 2. The smallest absolute Gasteiger partial charge is 0.265 e. The van der Waals surface area contributed by atoms with E-state index in [1.54, 1.807) is 50.6 Å². The molecule has 0 fully saturated rings. The lowest BCUT2D eigenvalue weighted by molar-refractivity contribution is -0.122. The maximum atomic E-state index is 12.9. The number of methoxy groups -OCH3 is 2. The summed E-state index contributed by atoms with van der Waals surface area (Å²) in [7, 11) is 3.17. The van der Waals surface area contributed by atoms with Crippen molar-refractivity contribution >= 4 is 17.5 Å². The summed E-state index contributed by atoms with van der Waals surface area (Å²) in [6, 6.07) is 21.8. The summed E-state index contributed by atoms with van der Waals surface area (Å²) in [5, 5.41) is 5.76. The molecule has 0 aliphatic rings. The molecule has 0 bridgehead atoms. The van der Waals surface area contributed by atoms with Gasteiger partial charge in [-0.2, -0.15) is 0 Å². The average molecular weight is 463 g/mol. The third-order valence-electron chi connectivity index (χ3n) is 5.26. The second-order valence-corrected chi connectivity index (χ2v) is 7.56. The first-order valence-electron chi connectivity index (χ1n) is 11.2. The number of carbonyl (C=O) groups excluding carboxylic acids is 2. The van der Waals surface area contributed by atoms with Gasteiger partial charge in [0.15, 0.2) is 17.6 Å². The highest BCUT2D eigenvalue weighted by Gasteiger charge is 2.21. The Morgan fingerprint density at radius 1 is 0.882 bits per heavy atom. The van der Waals surface area contributed by atoms with Crippen LogP contribution < -0.4 is 24.8 Å². The molecule has 0 unspecified atom stereocenters. The lowest BCUT2D eigenvalue weighted by Crippen LogP contribution is -2.33. The molecule has 7 nitrogen and oxygen atoms in total. The lowest BCUT2D eigenvalue weighted by atomic mass is 10.1. The summed E-state index contributed by atoms with van der Waals surface area (Å²) >= 11 is 0. The SMILES string of the molecule is CC[C@H](Oc1ccccc1)C(=O)Nc1ccccc1C(=O)NCCc1ccc(OC)c(OC)c1. The molecule has 0 aromatic heterocycles. The van der Waals surface area contributed by atoms with Crippen molar-refractivity contribution < 1.29 is 23.8 Å². The first-order valence-corrected chi connectivity index (χ1v) is 11.2. The molecule has 0 aliphatic carbocycles. The third kappa shape index (κ3) is 6.51. The molecule has 0 saturated heterocycles. The fourth-order valence-electron chi connectivity index (χ4n) is 3.44. The Kier molecular flexibility index (Phi) is 8.91. The van der Waals surface area contributed by atoms with Crippen LogP contribution in [0.1, 0.15) is 29.3 Å². The highest BCUT2D eigenvalue weighted by Crippen LogP contribution is 2.27. The van der Waals surface area contributed by atoms with Gasteiger partial charge < -0.3 is 24.8 Å². The summed E-state index contributed by atoms with van der Waals surface area (Å²) in [5.41, 5.74) is 1.83. The molecular weight excluding hydrogens is 432 g/mol. The van der Waals surface area contributed by atoms with Gasteiger partial charge in [-0.1, -0.05) is 43.3 Å². The topological polar surface area (TPSA) is 85.9 Å². The minimum absolute atomic E-state index is 0.270. The van der Waals surface area contributed by atoms with Gasteiger partial charge in [0.25, 0.3) is 11.8 Å². The van der Waals surface area contributed by atoms with Gasteiger partial charge in [0, 0.05) is 6.54 Å². The van der Waals surface area contributed by atoms with Crippen molar-refractivity contribution in [1.29, 1.82) is 0 Å². The Hall–Kier alpha value is -4.00. The number of hydrogen-bond acceptors (Lipinski definition) is 5. The maximum Gasteiger partial charge on any atom is 0.265 e. The van der Waals surface area contributed by atoms with E-state index in [-0.39, 0.29) is 11.8 Å². The highest BCUT2D eigenvalue weighted by atomic mass is 16.5. The molecule has 2 amide bonds. The fourth-order valence-corrected chi connectivity index (χ4v) is 3.44. The molecule has 2 N–H and O–H groups in total. The van der Waals surface area contributed by atoms with Crippen LogP contribution in [0.4, 0.5) is 5.69 Å². The predicted octanol–water partition coefficient (Wildman–Crippen LogP) is 4.47. The number of rotatable bonds is 11. The zero-order valence-corrected chi connectivity index (χ0v) is 19.7. The number of nitrogens with one attached hydrogen (secondary N) is 2. The van der Waals surface area contributed by atoms with Gasteiger partial charge in [-0.3, -0.25) is 9.59 Å². The zero-order valence-electron chi connectivity index (χ0n) is 19.7. The number of hydrogen-bond donors (Lipinski definition) is 2. The van der Waals surface area contributed by atoms with E-state index in [2.05, 4.69) is 10.6 Å². The van der Waals surface area contributed by atoms with E-state index in [1.165, 1.54) is 0 Å². The summed E-state index contributed by atoms with van der Waals surface area (Å²) in [5.74, 6) is 1.33. The minimum atomic E-state index is -0.677. The lowest BCUT2D eigenvalue weighted by Gasteiger charge is -2.18. The van der Waals surface area contributed by atoms with Crippen molar-refractivity contribution in [3.8, 4) is 17.2 Å². The van der Waals surface area contributed by atoms with E-state index >= 15 is 0 Å². The van der Waals surface area contributed by atoms with E-state index in [4.69, 9.17) is 14.2 Å². The quantitative estimate of drug-likeness (QED) is 0.439. The van der Waals surface area contributed by atoms with Gasteiger partial charge in [0.2, 0.25) is 0 Å². The minimum Gasteiger partial charge on any atom is -0.493 e. The molecule has 1 atom stereocenters. The summed E-state index contributed by atoms with van der Waals surface area (Å²) < 4.78 is 16.4. The summed E-state index contributed by atoms with van der Waals surface area (Å²) in [6.45, 7) is 2.30. The normalized spacial score (nSPS) is 11.3. The molecule has 3 rings (SSSR count). The van der Waals surface area contributed by atoms with Crippen LogP contribution in [-0.2, 0) is 11.2 Å². The Morgan fingerprint density at radius 2 is 1.59 bits per heavy atom. The van der Waals surface area contributed by atoms with Gasteiger partial charge in [-0.05, 0) is 54.8 Å². The molecule has 178 valence electrons. The van der Waals surface area contributed by atoms with Crippen molar-refractivity contribution in [2.75, 3.05) is 26.1 Å². The first-order chi connectivity index (χ1) is 16.5. The van der Waals surface area contributed by atoms with Gasteiger partial charge in [-0.15, -0.1) is 0 Å². The third-order valence-corrected chi connectivity index (χ3v) is 5.26. The highest BCUT2D eigenvalue weighted by molar-refractivity contribution is 6.04. The Labute approximate surface area is 200 Å². The summed E-state index contributed by atoms with van der Waals surface area (Å²) in [6.07, 6.45) is 0.424. The van der Waals surface area contributed by atoms with Crippen LogP contribution in [0, 0.1) is 0 Å². The number of carbonyl (C=O) groups is 2. The Balaban J connectivity index is 1.61. The number of ether oxygens (including phenoxy) is 3. The number of benzene rings is 3. The van der Waals surface area contributed by atoms with Crippen LogP contribution in [0.25, 0.3) is 0 Å². The van der Waals surface area contributed by atoms with E-state index < -0.39 is 6.10 Å². The van der Waals surface area contributed by atoms with E-state index in [0.29, 0.717) is 47.9 Å². The second-order valence-electron chi connectivity index (χ2n) is 7.56. The van der Waals surface area contributed by atoms with E-state index in [0.717, 1.165) is 5.56 Å². The molecule has 0 spiro atoms. The molecule has 3 aromatic carbocycles. The fraction of sp³-hybridized carbons (Fsp3) is 0.259. The van der Waals surface area contributed by atoms with Crippen molar-refractivity contribution in [1.82, 2.24) is 5.32 Å². The van der Waals surface area contributed by atoms with Crippen molar-refractivity contribution in [3.05, 3.63) is 83.9 Å².